The maximum atomic E-state index is 5.74. The number of rotatable bonds is 5. The van der Waals surface area contributed by atoms with Crippen LogP contribution in [0.2, 0.25) is 0 Å². The Morgan fingerprint density at radius 1 is 1.56 bits per heavy atom. The molecule has 90 valence electrons. The zero-order chi connectivity index (χ0) is 11.4. The minimum atomic E-state index is 0.436. The van der Waals surface area contributed by atoms with E-state index in [2.05, 4.69) is 31.3 Å². The molecule has 0 amide bonds. The predicted octanol–water partition coefficient (Wildman–Crippen LogP) is 3.10. The maximum absolute atomic E-state index is 5.74. The first kappa shape index (κ1) is 12.1. The van der Waals surface area contributed by atoms with Crippen molar-refractivity contribution in [3.63, 3.8) is 0 Å². The van der Waals surface area contributed by atoms with Gasteiger partial charge < -0.3 is 10.1 Å². The number of hydrogen-bond acceptors (Lipinski definition) is 3. The first-order valence-electron chi connectivity index (χ1n) is 6.20. The monoisotopic (exact) mass is 239 g/mol. The number of nitrogens with one attached hydrogen (secondary N) is 1. The largest absolute Gasteiger partial charge is 0.377 e. The Kier molecular flexibility index (Phi) is 4.38. The van der Waals surface area contributed by atoms with Gasteiger partial charge in [0.15, 0.2) is 0 Å². The van der Waals surface area contributed by atoms with Crippen LogP contribution in [0.5, 0.6) is 0 Å². The molecule has 0 saturated carbocycles. The van der Waals surface area contributed by atoms with Gasteiger partial charge in [0.05, 0.1) is 6.10 Å². The zero-order valence-electron chi connectivity index (χ0n) is 10.2. The Morgan fingerprint density at radius 3 is 3.00 bits per heavy atom. The lowest BCUT2D eigenvalue weighted by molar-refractivity contribution is 0.0765. The second-order valence-corrected chi connectivity index (χ2v) is 5.83. The standard InChI is InChI=1S/C13H21NOS/c1-3-12(13-5-4-8-15-13)14-9-11-7-6-10(2)16-11/h6-7,12-14H,3-5,8-9H2,1-2H3. The second kappa shape index (κ2) is 5.80. The third kappa shape index (κ3) is 3.06. The number of thiophene rings is 1. The summed E-state index contributed by atoms with van der Waals surface area (Å²) in [5.74, 6) is 0. The van der Waals surface area contributed by atoms with Crippen LogP contribution in [0, 0.1) is 6.92 Å². The van der Waals surface area contributed by atoms with E-state index in [1.807, 2.05) is 11.3 Å². The third-order valence-corrected chi connectivity index (χ3v) is 4.19. The fourth-order valence-corrected chi connectivity index (χ4v) is 3.11. The molecule has 1 N–H and O–H groups in total. The molecular formula is C13H21NOS. The SMILES string of the molecule is CCC(NCc1ccc(C)s1)C1CCCO1. The van der Waals surface area contributed by atoms with Gasteiger partial charge in [-0.25, -0.2) is 0 Å². The molecule has 16 heavy (non-hydrogen) atoms. The van der Waals surface area contributed by atoms with Gasteiger partial charge in [-0.05, 0) is 38.3 Å². The van der Waals surface area contributed by atoms with E-state index in [1.165, 1.54) is 22.6 Å². The van der Waals surface area contributed by atoms with Gasteiger partial charge in [-0.15, -0.1) is 11.3 Å². The van der Waals surface area contributed by atoms with Crippen LogP contribution in [0.3, 0.4) is 0 Å². The van der Waals surface area contributed by atoms with Crippen LogP contribution in [0.1, 0.15) is 35.9 Å². The smallest absolute Gasteiger partial charge is 0.0728 e. The van der Waals surface area contributed by atoms with Crippen molar-refractivity contribution in [3.8, 4) is 0 Å². The summed E-state index contributed by atoms with van der Waals surface area (Å²) in [4.78, 5) is 2.82. The average Bonchev–Trinajstić information content (AvgIpc) is 2.91. The van der Waals surface area contributed by atoms with Crippen LogP contribution in [0.4, 0.5) is 0 Å². The summed E-state index contributed by atoms with van der Waals surface area (Å²) in [6.07, 6.45) is 4.02. The van der Waals surface area contributed by atoms with E-state index in [-0.39, 0.29) is 0 Å². The molecule has 3 heteroatoms. The van der Waals surface area contributed by atoms with Gasteiger partial charge in [0, 0.05) is 28.9 Å². The van der Waals surface area contributed by atoms with Gasteiger partial charge in [0.2, 0.25) is 0 Å². The maximum Gasteiger partial charge on any atom is 0.0728 e. The first-order valence-corrected chi connectivity index (χ1v) is 7.01. The van der Waals surface area contributed by atoms with E-state index in [4.69, 9.17) is 4.74 Å². The fraction of sp³-hybridized carbons (Fsp3) is 0.692. The van der Waals surface area contributed by atoms with Gasteiger partial charge in [-0.1, -0.05) is 6.92 Å². The van der Waals surface area contributed by atoms with E-state index in [1.54, 1.807) is 0 Å². The molecule has 0 radical (unpaired) electrons. The topological polar surface area (TPSA) is 21.3 Å². The molecule has 1 aliphatic heterocycles. The third-order valence-electron chi connectivity index (χ3n) is 3.19. The highest BCUT2D eigenvalue weighted by Gasteiger charge is 2.23. The summed E-state index contributed by atoms with van der Waals surface area (Å²) < 4.78 is 5.74. The van der Waals surface area contributed by atoms with Gasteiger partial charge in [0.1, 0.15) is 0 Å². The highest BCUT2D eigenvalue weighted by molar-refractivity contribution is 7.11. The fourth-order valence-electron chi connectivity index (χ4n) is 2.27. The summed E-state index contributed by atoms with van der Waals surface area (Å²) in [6.45, 7) is 6.32. The molecule has 1 aliphatic rings. The van der Waals surface area contributed by atoms with Gasteiger partial charge in [-0.3, -0.25) is 0 Å². The number of ether oxygens (including phenoxy) is 1. The lowest BCUT2D eigenvalue weighted by Crippen LogP contribution is -2.38. The van der Waals surface area contributed by atoms with Crippen LogP contribution >= 0.6 is 11.3 Å². The number of aryl methyl sites for hydroxylation is 1. The molecule has 1 aromatic heterocycles. The molecule has 0 spiro atoms. The lowest BCUT2D eigenvalue weighted by atomic mass is 10.1. The minimum Gasteiger partial charge on any atom is -0.377 e. The van der Waals surface area contributed by atoms with Crippen molar-refractivity contribution in [3.05, 3.63) is 21.9 Å². The highest BCUT2D eigenvalue weighted by Crippen LogP contribution is 2.19. The Labute approximate surface area is 102 Å². The van der Waals surface area contributed by atoms with Crippen molar-refractivity contribution in [2.75, 3.05) is 6.61 Å². The average molecular weight is 239 g/mol. The summed E-state index contributed by atoms with van der Waals surface area (Å²) in [6, 6.07) is 4.93. The Morgan fingerprint density at radius 2 is 2.44 bits per heavy atom. The van der Waals surface area contributed by atoms with Crippen LogP contribution in [0.15, 0.2) is 12.1 Å². The zero-order valence-corrected chi connectivity index (χ0v) is 11.0. The van der Waals surface area contributed by atoms with Crippen molar-refractivity contribution in [1.82, 2.24) is 5.32 Å². The molecule has 0 aliphatic carbocycles. The first-order chi connectivity index (χ1) is 7.79. The molecule has 2 unspecified atom stereocenters. The Balaban J connectivity index is 1.82. The molecule has 2 atom stereocenters. The van der Waals surface area contributed by atoms with Crippen molar-refractivity contribution in [1.29, 1.82) is 0 Å². The van der Waals surface area contributed by atoms with Gasteiger partial charge in [0.25, 0.3) is 0 Å². The molecule has 2 heterocycles. The van der Waals surface area contributed by atoms with Crippen LogP contribution < -0.4 is 5.32 Å². The molecule has 2 rings (SSSR count). The minimum absolute atomic E-state index is 0.436. The Bertz CT molecular complexity index is 317. The summed E-state index contributed by atoms with van der Waals surface area (Å²) in [7, 11) is 0. The van der Waals surface area contributed by atoms with Crippen LogP contribution in [-0.2, 0) is 11.3 Å². The van der Waals surface area contributed by atoms with E-state index in [0.29, 0.717) is 12.1 Å². The molecule has 1 fully saturated rings. The van der Waals surface area contributed by atoms with Crippen LogP contribution in [0.25, 0.3) is 0 Å². The normalized spacial score (nSPS) is 22.5. The summed E-state index contributed by atoms with van der Waals surface area (Å²) in [5, 5.41) is 3.63. The van der Waals surface area contributed by atoms with Crippen LogP contribution in [-0.4, -0.2) is 18.8 Å². The van der Waals surface area contributed by atoms with E-state index >= 15 is 0 Å². The quantitative estimate of drug-likeness (QED) is 0.852. The van der Waals surface area contributed by atoms with Crippen molar-refractivity contribution in [2.24, 2.45) is 0 Å². The molecule has 0 aromatic carbocycles. The molecule has 1 aromatic rings. The van der Waals surface area contributed by atoms with E-state index in [0.717, 1.165) is 19.6 Å². The molecule has 0 bridgehead atoms. The van der Waals surface area contributed by atoms with Crippen molar-refractivity contribution in [2.45, 2.75) is 51.8 Å². The molecule has 2 nitrogen and oxygen atoms in total. The lowest BCUT2D eigenvalue weighted by Gasteiger charge is -2.22. The summed E-state index contributed by atoms with van der Waals surface area (Å²) in [5.41, 5.74) is 0. The van der Waals surface area contributed by atoms with Gasteiger partial charge >= 0.3 is 0 Å². The van der Waals surface area contributed by atoms with Gasteiger partial charge in [-0.2, -0.15) is 0 Å². The number of hydrogen-bond donors (Lipinski definition) is 1. The Hall–Kier alpha value is -0.380. The predicted molar refractivity (Wildman–Crippen MR) is 68.9 cm³/mol. The van der Waals surface area contributed by atoms with E-state index in [9.17, 15) is 0 Å². The van der Waals surface area contributed by atoms with Crippen molar-refractivity contribution >= 4 is 11.3 Å². The highest BCUT2D eigenvalue weighted by atomic mass is 32.1. The molecular weight excluding hydrogens is 218 g/mol. The summed E-state index contributed by atoms with van der Waals surface area (Å²) >= 11 is 1.88. The van der Waals surface area contributed by atoms with E-state index < -0.39 is 0 Å². The van der Waals surface area contributed by atoms with Crippen molar-refractivity contribution < 1.29 is 4.74 Å². The molecule has 1 saturated heterocycles. The second-order valence-electron chi connectivity index (χ2n) is 4.46.